The molecule has 12 heavy (non-hydrogen) atoms. The van der Waals surface area contributed by atoms with Crippen LogP contribution in [0.1, 0.15) is 5.56 Å². The van der Waals surface area contributed by atoms with Crippen molar-refractivity contribution in [3.8, 4) is 0 Å². The van der Waals surface area contributed by atoms with E-state index in [9.17, 15) is 10.1 Å². The fourth-order valence-corrected chi connectivity index (χ4v) is 0.823. The number of anilines is 1. The summed E-state index contributed by atoms with van der Waals surface area (Å²) in [4.78, 5) is 9.89. The Morgan fingerprint density at radius 3 is 2.50 bits per heavy atom. The first-order valence-corrected chi connectivity index (χ1v) is 3.12. The molecule has 0 radical (unpaired) electrons. The molecule has 0 unspecified atom stereocenters. The lowest BCUT2D eigenvalue weighted by Gasteiger charge is -1.96. The number of nitrogen functional groups attached to an aromatic ring is 1. The number of aryl methyl sites for hydroxylation is 1. The maximum absolute atomic E-state index is 10.3. The van der Waals surface area contributed by atoms with Gasteiger partial charge in [0.15, 0.2) is 0 Å². The van der Waals surface area contributed by atoms with Crippen molar-refractivity contribution in [2.24, 2.45) is 0 Å². The minimum Gasteiger partial charge on any atom is -0.399 e. The van der Waals surface area contributed by atoms with E-state index in [4.69, 9.17) is 5.73 Å². The van der Waals surface area contributed by atoms with Crippen LogP contribution < -0.4 is 5.73 Å². The number of benzene rings is 1. The van der Waals surface area contributed by atoms with Crippen molar-refractivity contribution < 1.29 is 4.92 Å². The zero-order valence-corrected chi connectivity index (χ0v) is 7.30. The molecule has 0 aromatic heterocycles. The second-order valence-electron chi connectivity index (χ2n) is 2.30. The van der Waals surface area contributed by atoms with Crippen LogP contribution >= 0.6 is 12.4 Å². The first-order valence-electron chi connectivity index (χ1n) is 3.12. The van der Waals surface area contributed by atoms with E-state index in [2.05, 4.69) is 0 Å². The Kier molecular flexibility index (Phi) is 3.50. The second-order valence-corrected chi connectivity index (χ2v) is 2.30. The van der Waals surface area contributed by atoms with Crippen molar-refractivity contribution in [1.29, 1.82) is 0 Å². The number of nitrogens with zero attached hydrogens (tertiary/aromatic N) is 1. The molecule has 0 bridgehead atoms. The molecule has 1 rings (SSSR count). The number of nitrogens with two attached hydrogens (primary N) is 1. The predicted molar refractivity (Wildman–Crippen MR) is 49.5 cm³/mol. The summed E-state index contributed by atoms with van der Waals surface area (Å²) >= 11 is 0. The van der Waals surface area contributed by atoms with Gasteiger partial charge in [-0.05, 0) is 13.0 Å². The molecule has 0 aliphatic rings. The molecule has 66 valence electrons. The number of hydrogen-bond donors (Lipinski definition) is 1. The van der Waals surface area contributed by atoms with E-state index < -0.39 is 4.92 Å². The molecule has 1 aromatic carbocycles. The van der Waals surface area contributed by atoms with Crippen LogP contribution in [0, 0.1) is 17.0 Å². The standard InChI is InChI=1S/C7H8N2O2.ClH/c1-5-2-3-6(8)4-7(5)9(10)11;/h2-4H,8H2,1H3;1H. The van der Waals surface area contributed by atoms with Crippen LogP contribution in [0.3, 0.4) is 0 Å². The van der Waals surface area contributed by atoms with E-state index in [1.807, 2.05) is 0 Å². The van der Waals surface area contributed by atoms with Gasteiger partial charge in [0, 0.05) is 17.3 Å². The summed E-state index contributed by atoms with van der Waals surface area (Å²) in [5.41, 5.74) is 6.48. The number of rotatable bonds is 1. The van der Waals surface area contributed by atoms with E-state index in [-0.39, 0.29) is 18.1 Å². The molecule has 0 atom stereocenters. The molecule has 4 nitrogen and oxygen atoms in total. The third kappa shape index (κ3) is 2.10. The smallest absolute Gasteiger partial charge is 0.274 e. The summed E-state index contributed by atoms with van der Waals surface area (Å²) in [6.45, 7) is 1.68. The quantitative estimate of drug-likeness (QED) is 0.416. The number of halogens is 1. The summed E-state index contributed by atoms with van der Waals surface area (Å²) in [6.07, 6.45) is 0. The fourth-order valence-electron chi connectivity index (χ4n) is 0.823. The van der Waals surface area contributed by atoms with Crippen molar-refractivity contribution in [2.75, 3.05) is 5.73 Å². The van der Waals surface area contributed by atoms with Gasteiger partial charge in [-0.25, -0.2) is 0 Å². The highest BCUT2D eigenvalue weighted by Gasteiger charge is 2.08. The third-order valence-corrected chi connectivity index (χ3v) is 1.43. The van der Waals surface area contributed by atoms with Crippen LogP contribution in [0.4, 0.5) is 11.4 Å². The number of nitro groups is 1. The minimum atomic E-state index is -0.439. The van der Waals surface area contributed by atoms with E-state index in [1.165, 1.54) is 6.07 Å². The van der Waals surface area contributed by atoms with Gasteiger partial charge in [-0.15, -0.1) is 12.4 Å². The number of nitro benzene ring substituents is 1. The zero-order chi connectivity index (χ0) is 8.43. The van der Waals surface area contributed by atoms with Crippen molar-refractivity contribution >= 4 is 23.8 Å². The van der Waals surface area contributed by atoms with Gasteiger partial charge in [0.25, 0.3) is 5.69 Å². The normalized spacial score (nSPS) is 8.75. The average molecular weight is 189 g/mol. The van der Waals surface area contributed by atoms with Crippen molar-refractivity contribution in [1.82, 2.24) is 0 Å². The summed E-state index contributed by atoms with van der Waals surface area (Å²) < 4.78 is 0. The summed E-state index contributed by atoms with van der Waals surface area (Å²) in [6, 6.07) is 4.63. The molecular formula is C7H9ClN2O2. The minimum absolute atomic E-state index is 0. The van der Waals surface area contributed by atoms with Crippen LogP contribution in [-0.4, -0.2) is 4.92 Å². The third-order valence-electron chi connectivity index (χ3n) is 1.43. The molecule has 0 amide bonds. The molecule has 0 fully saturated rings. The van der Waals surface area contributed by atoms with Gasteiger partial charge in [-0.2, -0.15) is 0 Å². The van der Waals surface area contributed by atoms with E-state index in [0.29, 0.717) is 11.3 Å². The topological polar surface area (TPSA) is 69.2 Å². The molecule has 0 aliphatic carbocycles. The van der Waals surface area contributed by atoms with Crippen LogP contribution in [0.15, 0.2) is 18.2 Å². The highest BCUT2D eigenvalue weighted by atomic mass is 35.5. The Bertz CT molecular complexity index is 301. The van der Waals surface area contributed by atoms with Crippen LogP contribution in [0.25, 0.3) is 0 Å². The van der Waals surface area contributed by atoms with Crippen LogP contribution in [0.5, 0.6) is 0 Å². The predicted octanol–water partition coefficient (Wildman–Crippen LogP) is 1.91. The van der Waals surface area contributed by atoms with Gasteiger partial charge in [0.2, 0.25) is 0 Å². The van der Waals surface area contributed by atoms with Crippen molar-refractivity contribution in [3.05, 3.63) is 33.9 Å². The van der Waals surface area contributed by atoms with E-state index >= 15 is 0 Å². The largest absolute Gasteiger partial charge is 0.399 e. The number of hydrogen-bond acceptors (Lipinski definition) is 3. The average Bonchev–Trinajstić information content (AvgIpc) is 1.94. The Labute approximate surface area is 75.9 Å². The van der Waals surface area contributed by atoms with Gasteiger partial charge < -0.3 is 5.73 Å². The van der Waals surface area contributed by atoms with Crippen LogP contribution in [-0.2, 0) is 0 Å². The molecule has 5 heteroatoms. The molecule has 0 heterocycles. The molecule has 0 saturated heterocycles. The first kappa shape index (κ1) is 10.7. The fraction of sp³-hybridized carbons (Fsp3) is 0.143. The highest BCUT2D eigenvalue weighted by Crippen LogP contribution is 2.19. The molecule has 1 aromatic rings. The molecule has 0 aliphatic heterocycles. The first-order chi connectivity index (χ1) is 5.11. The van der Waals surface area contributed by atoms with E-state index in [1.54, 1.807) is 19.1 Å². The molecule has 0 saturated carbocycles. The van der Waals surface area contributed by atoms with Gasteiger partial charge in [-0.3, -0.25) is 10.1 Å². The SMILES string of the molecule is Cc1ccc(N)cc1[N+](=O)[O-].Cl. The summed E-state index contributed by atoms with van der Waals surface area (Å²) in [7, 11) is 0. The Morgan fingerprint density at radius 2 is 2.08 bits per heavy atom. The Balaban J connectivity index is 0.00000121. The lowest BCUT2D eigenvalue weighted by molar-refractivity contribution is -0.385. The molecule has 0 spiro atoms. The van der Waals surface area contributed by atoms with Crippen molar-refractivity contribution in [3.63, 3.8) is 0 Å². The Hall–Kier alpha value is -1.29. The monoisotopic (exact) mass is 188 g/mol. The molecule has 2 N–H and O–H groups in total. The molecular weight excluding hydrogens is 180 g/mol. The second kappa shape index (κ2) is 3.92. The maximum Gasteiger partial charge on any atom is 0.274 e. The van der Waals surface area contributed by atoms with Gasteiger partial charge in [0.1, 0.15) is 0 Å². The van der Waals surface area contributed by atoms with Crippen LogP contribution in [0.2, 0.25) is 0 Å². The summed E-state index contributed by atoms with van der Waals surface area (Å²) in [5.74, 6) is 0. The lowest BCUT2D eigenvalue weighted by atomic mass is 10.2. The van der Waals surface area contributed by atoms with Gasteiger partial charge >= 0.3 is 0 Å². The maximum atomic E-state index is 10.3. The van der Waals surface area contributed by atoms with Gasteiger partial charge in [0.05, 0.1) is 4.92 Å². The lowest BCUT2D eigenvalue weighted by Crippen LogP contribution is -1.93. The highest BCUT2D eigenvalue weighted by molar-refractivity contribution is 5.85. The Morgan fingerprint density at radius 1 is 1.50 bits per heavy atom. The van der Waals surface area contributed by atoms with Gasteiger partial charge in [-0.1, -0.05) is 6.07 Å². The zero-order valence-electron chi connectivity index (χ0n) is 6.48. The van der Waals surface area contributed by atoms with Crippen molar-refractivity contribution in [2.45, 2.75) is 6.92 Å². The van der Waals surface area contributed by atoms with E-state index in [0.717, 1.165) is 0 Å². The summed E-state index contributed by atoms with van der Waals surface area (Å²) in [5, 5.41) is 10.3.